The molecule has 0 radical (unpaired) electrons. The Morgan fingerprint density at radius 2 is 2.05 bits per heavy atom. The molecule has 1 aliphatic carbocycles. The molecule has 4 heteroatoms. The Morgan fingerprint density at radius 3 is 2.55 bits per heavy atom. The lowest BCUT2D eigenvalue weighted by Gasteiger charge is -2.43. The minimum absolute atomic E-state index is 0.278. The van der Waals surface area contributed by atoms with Crippen LogP contribution in [0.5, 0.6) is 5.75 Å². The number of aliphatic hydroxyl groups is 2. The van der Waals surface area contributed by atoms with Crippen LogP contribution in [-0.2, 0) is 5.60 Å². The molecule has 1 aliphatic rings. The van der Waals surface area contributed by atoms with Gasteiger partial charge in [-0.05, 0) is 44.0 Å². The van der Waals surface area contributed by atoms with Gasteiger partial charge in [-0.1, -0.05) is 24.3 Å². The standard InChI is InChI=1S/C16H23NO3/c1-17-12-16(19,15(18)10-4-3-5-11-15)13-6-8-14(20-2)9-7-13/h4,6-10,17-19H,3,5,11-12H2,1-2H3. The monoisotopic (exact) mass is 277 g/mol. The topological polar surface area (TPSA) is 61.7 Å². The van der Waals surface area contributed by atoms with E-state index in [0.717, 1.165) is 18.6 Å². The van der Waals surface area contributed by atoms with Crippen molar-refractivity contribution >= 4 is 0 Å². The van der Waals surface area contributed by atoms with E-state index in [1.165, 1.54) is 0 Å². The van der Waals surface area contributed by atoms with Gasteiger partial charge in [0.25, 0.3) is 0 Å². The predicted molar refractivity (Wildman–Crippen MR) is 78.8 cm³/mol. The van der Waals surface area contributed by atoms with E-state index in [4.69, 9.17) is 4.74 Å². The third-order valence-electron chi connectivity index (χ3n) is 4.04. The molecule has 20 heavy (non-hydrogen) atoms. The second-order valence-electron chi connectivity index (χ2n) is 5.34. The number of nitrogens with one attached hydrogen (secondary N) is 1. The zero-order chi connectivity index (χ0) is 14.6. The van der Waals surface area contributed by atoms with Crippen LogP contribution in [-0.4, -0.2) is 36.5 Å². The van der Waals surface area contributed by atoms with Crippen LogP contribution in [0.15, 0.2) is 36.4 Å². The van der Waals surface area contributed by atoms with Gasteiger partial charge in [-0.2, -0.15) is 0 Å². The van der Waals surface area contributed by atoms with Gasteiger partial charge in [-0.15, -0.1) is 0 Å². The second-order valence-corrected chi connectivity index (χ2v) is 5.34. The Bertz CT molecular complexity index is 471. The summed E-state index contributed by atoms with van der Waals surface area (Å²) < 4.78 is 5.14. The van der Waals surface area contributed by atoms with Crippen molar-refractivity contribution in [2.24, 2.45) is 0 Å². The summed E-state index contributed by atoms with van der Waals surface area (Å²) >= 11 is 0. The lowest BCUT2D eigenvalue weighted by atomic mass is 9.72. The molecule has 3 N–H and O–H groups in total. The van der Waals surface area contributed by atoms with Crippen molar-refractivity contribution in [2.45, 2.75) is 30.5 Å². The highest BCUT2D eigenvalue weighted by molar-refractivity contribution is 5.35. The van der Waals surface area contributed by atoms with E-state index in [-0.39, 0.29) is 6.54 Å². The molecule has 0 fully saturated rings. The first-order valence-electron chi connectivity index (χ1n) is 6.97. The number of likely N-dealkylation sites (N-methyl/N-ethyl adjacent to an activating group) is 1. The van der Waals surface area contributed by atoms with Crippen LogP contribution < -0.4 is 10.1 Å². The van der Waals surface area contributed by atoms with Crippen molar-refractivity contribution in [3.8, 4) is 5.75 Å². The number of hydrogen-bond acceptors (Lipinski definition) is 4. The largest absolute Gasteiger partial charge is 0.497 e. The summed E-state index contributed by atoms with van der Waals surface area (Å²) in [6.07, 6.45) is 6.04. The summed E-state index contributed by atoms with van der Waals surface area (Å²) in [6.45, 7) is 0.278. The first kappa shape index (κ1) is 15.0. The molecule has 110 valence electrons. The molecule has 0 bridgehead atoms. The third-order valence-corrected chi connectivity index (χ3v) is 4.04. The van der Waals surface area contributed by atoms with E-state index in [9.17, 15) is 10.2 Å². The smallest absolute Gasteiger partial charge is 0.134 e. The van der Waals surface area contributed by atoms with Gasteiger partial charge in [0.15, 0.2) is 0 Å². The van der Waals surface area contributed by atoms with Gasteiger partial charge in [0.1, 0.15) is 17.0 Å². The summed E-state index contributed by atoms with van der Waals surface area (Å²) in [5.74, 6) is 0.728. The molecule has 0 heterocycles. The molecule has 2 rings (SSSR count). The fourth-order valence-corrected chi connectivity index (χ4v) is 2.82. The van der Waals surface area contributed by atoms with Gasteiger partial charge >= 0.3 is 0 Å². The lowest BCUT2D eigenvalue weighted by Crippen LogP contribution is -2.56. The molecule has 0 spiro atoms. The SMILES string of the molecule is CNCC(O)(c1ccc(OC)cc1)C1(O)C=CCCC1. The van der Waals surface area contributed by atoms with Crippen molar-refractivity contribution in [1.82, 2.24) is 5.32 Å². The van der Waals surface area contributed by atoms with E-state index in [0.29, 0.717) is 12.0 Å². The van der Waals surface area contributed by atoms with Crippen LogP contribution in [0.4, 0.5) is 0 Å². The number of ether oxygens (including phenoxy) is 1. The Morgan fingerprint density at radius 1 is 1.35 bits per heavy atom. The molecule has 0 aromatic heterocycles. The Hall–Kier alpha value is -1.36. The number of hydrogen-bond donors (Lipinski definition) is 3. The van der Waals surface area contributed by atoms with Crippen LogP contribution in [0.1, 0.15) is 24.8 Å². The van der Waals surface area contributed by atoms with Gasteiger partial charge < -0.3 is 20.3 Å². The summed E-state index contributed by atoms with van der Waals surface area (Å²) in [4.78, 5) is 0. The molecule has 0 amide bonds. The van der Waals surface area contributed by atoms with Crippen molar-refractivity contribution in [2.75, 3.05) is 20.7 Å². The van der Waals surface area contributed by atoms with Crippen molar-refractivity contribution in [1.29, 1.82) is 0 Å². The summed E-state index contributed by atoms with van der Waals surface area (Å²) in [5.41, 5.74) is -1.92. The van der Waals surface area contributed by atoms with Crippen LogP contribution in [0.2, 0.25) is 0 Å². The maximum Gasteiger partial charge on any atom is 0.134 e. The molecule has 0 aliphatic heterocycles. The van der Waals surface area contributed by atoms with Crippen LogP contribution in [0, 0.1) is 0 Å². The molecule has 0 saturated carbocycles. The molecule has 0 saturated heterocycles. The summed E-state index contributed by atoms with van der Waals surface area (Å²) in [6, 6.07) is 7.20. The van der Waals surface area contributed by atoms with Gasteiger partial charge in [0, 0.05) is 6.54 Å². The average molecular weight is 277 g/mol. The second kappa shape index (κ2) is 5.95. The Balaban J connectivity index is 2.41. The maximum absolute atomic E-state index is 11.1. The van der Waals surface area contributed by atoms with E-state index < -0.39 is 11.2 Å². The van der Waals surface area contributed by atoms with Crippen molar-refractivity contribution in [3.63, 3.8) is 0 Å². The fraction of sp³-hybridized carbons (Fsp3) is 0.500. The first-order chi connectivity index (χ1) is 9.55. The molecule has 1 aromatic carbocycles. The minimum Gasteiger partial charge on any atom is -0.497 e. The first-order valence-corrected chi connectivity index (χ1v) is 6.97. The number of rotatable bonds is 5. The normalized spacial score (nSPS) is 25.2. The summed E-state index contributed by atoms with van der Waals surface area (Å²) in [7, 11) is 3.37. The number of methoxy groups -OCH3 is 1. The lowest BCUT2D eigenvalue weighted by molar-refractivity contribution is -0.133. The Kier molecular flexibility index (Phi) is 4.48. The van der Waals surface area contributed by atoms with Crippen molar-refractivity contribution < 1.29 is 14.9 Å². The third kappa shape index (κ3) is 2.59. The fourth-order valence-electron chi connectivity index (χ4n) is 2.82. The molecule has 4 nitrogen and oxygen atoms in total. The predicted octanol–water partition coefficient (Wildman–Crippen LogP) is 1.57. The van der Waals surface area contributed by atoms with Gasteiger partial charge in [0.2, 0.25) is 0 Å². The number of allylic oxidation sites excluding steroid dienone is 1. The zero-order valence-electron chi connectivity index (χ0n) is 12.1. The molecular weight excluding hydrogens is 254 g/mol. The van der Waals surface area contributed by atoms with E-state index in [1.807, 2.05) is 6.08 Å². The van der Waals surface area contributed by atoms with E-state index in [1.54, 1.807) is 44.5 Å². The van der Waals surface area contributed by atoms with E-state index >= 15 is 0 Å². The molecule has 1 aromatic rings. The molecular formula is C16H23NO3. The molecule has 2 unspecified atom stereocenters. The highest BCUT2D eigenvalue weighted by Crippen LogP contribution is 2.40. The van der Waals surface area contributed by atoms with Gasteiger partial charge in [-0.3, -0.25) is 0 Å². The van der Waals surface area contributed by atoms with Crippen LogP contribution in [0.3, 0.4) is 0 Å². The van der Waals surface area contributed by atoms with Crippen molar-refractivity contribution in [3.05, 3.63) is 42.0 Å². The number of benzene rings is 1. The van der Waals surface area contributed by atoms with Crippen LogP contribution >= 0.6 is 0 Å². The maximum atomic E-state index is 11.1. The zero-order valence-corrected chi connectivity index (χ0v) is 12.1. The van der Waals surface area contributed by atoms with Crippen LogP contribution in [0.25, 0.3) is 0 Å². The Labute approximate surface area is 120 Å². The van der Waals surface area contributed by atoms with E-state index in [2.05, 4.69) is 5.32 Å². The minimum atomic E-state index is -1.36. The van der Waals surface area contributed by atoms with Gasteiger partial charge in [0.05, 0.1) is 7.11 Å². The molecule has 2 atom stereocenters. The highest BCUT2D eigenvalue weighted by atomic mass is 16.5. The summed E-state index contributed by atoms with van der Waals surface area (Å²) in [5, 5.41) is 25.0. The quantitative estimate of drug-likeness (QED) is 0.715. The average Bonchev–Trinajstić information content (AvgIpc) is 2.48. The highest BCUT2D eigenvalue weighted by Gasteiger charge is 2.48. The van der Waals surface area contributed by atoms with Gasteiger partial charge in [-0.25, -0.2) is 0 Å².